The van der Waals surface area contributed by atoms with Crippen LogP contribution >= 0.6 is 23.1 Å². The number of hydrogen-bond acceptors (Lipinski definition) is 8. The van der Waals surface area contributed by atoms with E-state index >= 15 is 0 Å². The largest absolute Gasteiger partial charge is 0.452 e. The molecule has 1 fully saturated rings. The Morgan fingerprint density at radius 1 is 1.32 bits per heavy atom. The van der Waals surface area contributed by atoms with E-state index in [2.05, 4.69) is 4.98 Å². The van der Waals surface area contributed by atoms with E-state index in [1.165, 1.54) is 11.8 Å². The summed E-state index contributed by atoms with van der Waals surface area (Å²) in [5.74, 6) is -0.230. The van der Waals surface area contributed by atoms with Gasteiger partial charge in [-0.3, -0.25) is 4.79 Å². The number of hydrogen-bond donors (Lipinski definition) is 0. The lowest BCUT2D eigenvalue weighted by Gasteiger charge is -2.27. The molecule has 168 valence electrons. The summed E-state index contributed by atoms with van der Waals surface area (Å²) in [4.78, 5) is 32.1. The van der Waals surface area contributed by atoms with E-state index in [-0.39, 0.29) is 23.5 Å². The number of carbonyl (C=O) groups excluding carboxylic acids is 2. The van der Waals surface area contributed by atoms with Crippen molar-refractivity contribution in [1.82, 2.24) is 9.88 Å². The summed E-state index contributed by atoms with van der Waals surface area (Å²) < 4.78 is 28.9. The predicted octanol–water partition coefficient (Wildman–Crippen LogP) is 3.33. The molecule has 2 heterocycles. The number of nitrogens with zero attached hydrogens (tertiary/aromatic N) is 2. The van der Waals surface area contributed by atoms with Crippen molar-refractivity contribution in [3.63, 3.8) is 0 Å². The number of aromatic nitrogens is 1. The van der Waals surface area contributed by atoms with Gasteiger partial charge in [-0.1, -0.05) is 19.1 Å². The minimum absolute atomic E-state index is 0.0255. The Morgan fingerprint density at radius 2 is 2.10 bits per heavy atom. The Kier molecular flexibility index (Phi) is 8.12. The Bertz CT molecular complexity index is 1040. The molecule has 10 heteroatoms. The van der Waals surface area contributed by atoms with Crippen LogP contribution in [-0.2, 0) is 25.1 Å². The van der Waals surface area contributed by atoms with Crippen LogP contribution in [0.4, 0.5) is 0 Å². The van der Waals surface area contributed by atoms with Gasteiger partial charge in [-0.25, -0.2) is 18.2 Å². The molecule has 0 saturated carbocycles. The topological polar surface area (TPSA) is 93.6 Å². The van der Waals surface area contributed by atoms with E-state index in [1.54, 1.807) is 28.4 Å². The van der Waals surface area contributed by atoms with Crippen molar-refractivity contribution in [3.8, 4) is 0 Å². The van der Waals surface area contributed by atoms with Crippen LogP contribution in [0.3, 0.4) is 0 Å². The molecule has 1 unspecified atom stereocenters. The first-order valence-corrected chi connectivity index (χ1v) is 13.8. The highest BCUT2D eigenvalue weighted by atomic mass is 32.2. The molecule has 7 nitrogen and oxygen atoms in total. The Balaban J connectivity index is 1.61. The number of ether oxygens (including phenoxy) is 1. The maximum absolute atomic E-state index is 12.7. The van der Waals surface area contributed by atoms with E-state index in [4.69, 9.17) is 4.74 Å². The lowest BCUT2D eigenvalue weighted by molar-refractivity contribution is -0.136. The number of sulfone groups is 1. The summed E-state index contributed by atoms with van der Waals surface area (Å²) >= 11 is 3.07. The molecule has 0 radical (unpaired) electrons. The molecule has 1 aliphatic heterocycles. The van der Waals surface area contributed by atoms with Gasteiger partial charge in [0.1, 0.15) is 0 Å². The Morgan fingerprint density at radius 3 is 2.74 bits per heavy atom. The summed E-state index contributed by atoms with van der Waals surface area (Å²) in [6.45, 7) is 3.91. The number of benzene rings is 1. The van der Waals surface area contributed by atoms with Crippen LogP contribution in [0.5, 0.6) is 0 Å². The molecule has 0 bridgehead atoms. The second-order valence-corrected chi connectivity index (χ2v) is 11.7. The van der Waals surface area contributed by atoms with Crippen LogP contribution in [0.25, 0.3) is 0 Å². The fourth-order valence-electron chi connectivity index (χ4n) is 3.45. The first kappa shape index (κ1) is 23.7. The molecule has 3 rings (SSSR count). The highest BCUT2D eigenvalue weighted by molar-refractivity contribution is 7.98. The van der Waals surface area contributed by atoms with Gasteiger partial charge >= 0.3 is 5.97 Å². The van der Waals surface area contributed by atoms with Crippen LogP contribution < -0.4 is 0 Å². The minimum atomic E-state index is -3.11. The van der Waals surface area contributed by atoms with Crippen LogP contribution in [-0.4, -0.2) is 60.9 Å². The number of amides is 1. The summed E-state index contributed by atoms with van der Waals surface area (Å²) in [6.07, 6.45) is 1.13. The monoisotopic (exact) mass is 482 g/mol. The van der Waals surface area contributed by atoms with Gasteiger partial charge in [0.25, 0.3) is 5.91 Å². The molecule has 0 aliphatic carbocycles. The van der Waals surface area contributed by atoms with Crippen molar-refractivity contribution < 1.29 is 22.7 Å². The van der Waals surface area contributed by atoms with E-state index in [1.807, 2.05) is 31.4 Å². The second kappa shape index (κ2) is 10.6. The zero-order valence-electron chi connectivity index (χ0n) is 17.6. The van der Waals surface area contributed by atoms with Gasteiger partial charge < -0.3 is 9.64 Å². The average molecular weight is 483 g/mol. The molecule has 2 aromatic rings. The summed E-state index contributed by atoms with van der Waals surface area (Å²) in [7, 11) is -3.11. The highest BCUT2D eigenvalue weighted by Crippen LogP contribution is 2.27. The third-order valence-corrected chi connectivity index (χ3v) is 8.59. The van der Waals surface area contributed by atoms with Gasteiger partial charge in [0.2, 0.25) is 0 Å². The van der Waals surface area contributed by atoms with Crippen molar-refractivity contribution in [1.29, 1.82) is 0 Å². The Hall–Kier alpha value is -1.91. The first-order valence-electron chi connectivity index (χ1n) is 10.1. The first-order chi connectivity index (χ1) is 14.8. The van der Waals surface area contributed by atoms with Crippen LogP contribution in [0.2, 0.25) is 0 Å². The lowest BCUT2D eigenvalue weighted by atomic mass is 10.2. The number of carbonyl (C=O) groups is 2. The smallest absolute Gasteiger partial charge is 0.339 e. The van der Waals surface area contributed by atoms with Crippen molar-refractivity contribution in [2.45, 2.75) is 43.4 Å². The molecule has 1 amide bonds. The molecular weight excluding hydrogens is 456 g/mol. The molecule has 0 N–H and O–H groups in total. The lowest BCUT2D eigenvalue weighted by Crippen LogP contribution is -2.43. The summed E-state index contributed by atoms with van der Waals surface area (Å²) in [6, 6.07) is 6.77. The van der Waals surface area contributed by atoms with Crippen LogP contribution in [0, 0.1) is 6.92 Å². The predicted molar refractivity (Wildman–Crippen MR) is 122 cm³/mol. The van der Waals surface area contributed by atoms with Crippen molar-refractivity contribution in [2.75, 3.05) is 24.7 Å². The van der Waals surface area contributed by atoms with Gasteiger partial charge in [-0.15, -0.1) is 23.1 Å². The van der Waals surface area contributed by atoms with E-state index in [9.17, 15) is 18.0 Å². The van der Waals surface area contributed by atoms with Gasteiger partial charge in [-0.2, -0.15) is 0 Å². The van der Waals surface area contributed by atoms with Crippen molar-refractivity contribution in [3.05, 3.63) is 45.9 Å². The zero-order chi connectivity index (χ0) is 22.4. The third-order valence-electron chi connectivity index (χ3n) is 4.91. The molecule has 31 heavy (non-hydrogen) atoms. The zero-order valence-corrected chi connectivity index (χ0v) is 20.0. The van der Waals surface area contributed by atoms with Crippen LogP contribution in [0.1, 0.15) is 40.8 Å². The molecule has 1 atom stereocenters. The number of aryl methyl sites for hydroxylation is 1. The molecule has 1 aromatic heterocycles. The molecule has 0 spiro atoms. The maximum Gasteiger partial charge on any atom is 0.339 e. The maximum atomic E-state index is 12.7. The highest BCUT2D eigenvalue weighted by Gasteiger charge is 2.34. The number of thiazole rings is 1. The summed E-state index contributed by atoms with van der Waals surface area (Å²) in [5, 5.41) is 2.99. The minimum Gasteiger partial charge on any atom is -0.452 e. The van der Waals surface area contributed by atoms with Crippen molar-refractivity contribution in [2.24, 2.45) is 0 Å². The van der Waals surface area contributed by atoms with E-state index in [0.717, 1.165) is 15.6 Å². The third kappa shape index (κ3) is 6.54. The Labute approximate surface area is 191 Å². The molecule has 1 saturated heterocycles. The van der Waals surface area contributed by atoms with Gasteiger partial charge in [-0.05, 0) is 31.9 Å². The number of esters is 1. The number of thioether (sulfide) groups is 1. The quantitative estimate of drug-likeness (QED) is 0.400. The molecule has 1 aromatic carbocycles. The molecular formula is C21H26N2O5S3. The number of rotatable bonds is 9. The average Bonchev–Trinajstić information content (AvgIpc) is 3.33. The summed E-state index contributed by atoms with van der Waals surface area (Å²) in [5.41, 5.74) is 1.35. The SMILES string of the molecule is CCCN(C(=O)COC(=O)c1ccccc1SCc1csc(C)n1)C1CCS(=O)(=O)C1. The fourth-order valence-corrected chi connectivity index (χ4v) is 6.83. The van der Waals surface area contributed by atoms with Crippen molar-refractivity contribution >= 4 is 44.8 Å². The normalized spacial score (nSPS) is 17.4. The van der Waals surface area contributed by atoms with Gasteiger partial charge in [0, 0.05) is 28.6 Å². The second-order valence-electron chi connectivity index (χ2n) is 7.36. The standard InChI is InChI=1S/C21H26N2O5S3/c1-3-9-23(17-8-10-31(26,27)14-17)20(24)11-28-21(25)18-6-4-5-7-19(18)30-13-16-12-29-15(2)22-16/h4-7,12,17H,3,8-11,13-14H2,1-2H3. The van der Waals surface area contributed by atoms with Gasteiger partial charge in [0.05, 0.1) is 27.8 Å². The molecule has 1 aliphatic rings. The van der Waals surface area contributed by atoms with E-state index < -0.39 is 22.4 Å². The fraction of sp³-hybridized carbons (Fsp3) is 0.476. The van der Waals surface area contributed by atoms with Crippen LogP contribution in [0.15, 0.2) is 34.5 Å². The van der Waals surface area contributed by atoms with Gasteiger partial charge in [0.15, 0.2) is 16.4 Å². The van der Waals surface area contributed by atoms with E-state index in [0.29, 0.717) is 30.7 Å².